The first-order valence-corrected chi connectivity index (χ1v) is 10.5. The molecule has 0 bridgehead atoms. The number of fused-ring (bicyclic) bond motifs is 1. The van der Waals surface area contributed by atoms with Crippen molar-refractivity contribution in [3.63, 3.8) is 0 Å². The summed E-state index contributed by atoms with van der Waals surface area (Å²) in [6.45, 7) is 5.17. The van der Waals surface area contributed by atoms with Crippen LogP contribution in [-0.4, -0.2) is 61.4 Å². The van der Waals surface area contributed by atoms with Crippen LogP contribution >= 0.6 is 24.0 Å². The monoisotopic (exact) mass is 502 g/mol. The van der Waals surface area contributed by atoms with Crippen LogP contribution in [0.2, 0.25) is 0 Å². The molecule has 1 saturated heterocycles. The summed E-state index contributed by atoms with van der Waals surface area (Å²) in [5.74, 6) is 0.904. The summed E-state index contributed by atoms with van der Waals surface area (Å²) >= 11 is 0. The second-order valence-electron chi connectivity index (χ2n) is 7.22. The van der Waals surface area contributed by atoms with Crippen LogP contribution in [-0.2, 0) is 16.3 Å². The summed E-state index contributed by atoms with van der Waals surface area (Å²) in [5.41, 5.74) is 2.02. The summed E-state index contributed by atoms with van der Waals surface area (Å²) in [6.07, 6.45) is 0.777. The summed E-state index contributed by atoms with van der Waals surface area (Å²) in [7, 11) is -1.33. The number of sulfone groups is 1. The lowest BCUT2D eigenvalue weighted by Gasteiger charge is -2.39. The van der Waals surface area contributed by atoms with Gasteiger partial charge in [0.1, 0.15) is 0 Å². The lowest BCUT2D eigenvalue weighted by atomic mass is 10.2. The topological polar surface area (TPSA) is 74.7 Å². The molecule has 0 spiro atoms. The third kappa shape index (κ3) is 4.90. The van der Waals surface area contributed by atoms with Gasteiger partial charge in [0.25, 0.3) is 0 Å². The minimum absolute atomic E-state index is 0. The Labute approximate surface area is 178 Å². The predicted molar refractivity (Wildman–Crippen MR) is 122 cm³/mol. The van der Waals surface area contributed by atoms with Crippen LogP contribution in [0.5, 0.6) is 0 Å². The van der Waals surface area contributed by atoms with Crippen molar-refractivity contribution in [2.45, 2.75) is 25.0 Å². The minimum Gasteiger partial charge on any atom is -0.356 e. The summed E-state index contributed by atoms with van der Waals surface area (Å²) in [5, 5.41) is 4.48. The van der Waals surface area contributed by atoms with Crippen LogP contribution in [0.1, 0.15) is 19.5 Å². The molecule has 1 N–H and O–H groups in total. The third-order valence-corrected chi connectivity index (χ3v) is 7.41. The highest BCUT2D eigenvalue weighted by Gasteiger charge is 2.40. The van der Waals surface area contributed by atoms with Crippen molar-refractivity contribution in [3.8, 4) is 0 Å². The van der Waals surface area contributed by atoms with E-state index in [9.17, 15) is 8.42 Å². The standard InChI is InChI=1S/C19H26N4O2S.HI/c1-19(2)14-23(12-13-26(19,24)25)18(20-3)21-11-10-16-9-8-15-6-4-5-7-17(15)22-16;/h4-9H,10-14H2,1-3H3,(H,20,21);1H. The number of nitrogens with one attached hydrogen (secondary N) is 1. The molecule has 0 saturated carbocycles. The first-order chi connectivity index (χ1) is 12.3. The average molecular weight is 502 g/mol. The average Bonchev–Trinajstić information content (AvgIpc) is 2.61. The summed E-state index contributed by atoms with van der Waals surface area (Å²) in [4.78, 5) is 11.0. The zero-order chi connectivity index (χ0) is 18.8. The van der Waals surface area contributed by atoms with E-state index in [4.69, 9.17) is 0 Å². The molecule has 1 aromatic carbocycles. The Morgan fingerprint density at radius 1 is 1.26 bits per heavy atom. The van der Waals surface area contributed by atoms with Crippen molar-refractivity contribution < 1.29 is 8.42 Å². The van der Waals surface area contributed by atoms with Gasteiger partial charge in [0.05, 0.1) is 16.0 Å². The molecule has 0 amide bonds. The number of aliphatic imine (C=N–C) groups is 1. The van der Waals surface area contributed by atoms with Crippen LogP contribution in [0.4, 0.5) is 0 Å². The lowest BCUT2D eigenvalue weighted by Crippen LogP contribution is -2.57. The molecular weight excluding hydrogens is 475 g/mol. The van der Waals surface area contributed by atoms with Crippen molar-refractivity contribution in [3.05, 3.63) is 42.1 Å². The molecular formula is C19H27IN4O2S. The van der Waals surface area contributed by atoms with Gasteiger partial charge >= 0.3 is 0 Å². The molecule has 2 aromatic rings. The van der Waals surface area contributed by atoms with E-state index in [-0.39, 0.29) is 29.7 Å². The van der Waals surface area contributed by atoms with E-state index in [0.717, 1.165) is 29.0 Å². The Morgan fingerprint density at radius 2 is 2.00 bits per heavy atom. The number of benzene rings is 1. The molecule has 0 unspecified atom stereocenters. The maximum Gasteiger partial charge on any atom is 0.193 e. The maximum absolute atomic E-state index is 12.2. The number of halogens is 1. The molecule has 1 aliphatic heterocycles. The number of rotatable bonds is 3. The third-order valence-electron chi connectivity index (χ3n) is 4.88. The number of para-hydroxylation sites is 1. The number of pyridine rings is 1. The second-order valence-corrected chi connectivity index (χ2v) is 9.96. The van der Waals surface area contributed by atoms with Crippen molar-refractivity contribution >= 4 is 50.7 Å². The molecule has 2 heterocycles. The fraction of sp³-hybridized carbons (Fsp3) is 0.474. The molecule has 1 aliphatic rings. The highest BCUT2D eigenvalue weighted by atomic mass is 127. The molecule has 148 valence electrons. The molecule has 8 heteroatoms. The minimum atomic E-state index is -3.05. The summed E-state index contributed by atoms with van der Waals surface area (Å²) in [6, 6.07) is 12.2. The Hall–Kier alpha value is -1.42. The predicted octanol–water partition coefficient (Wildman–Crippen LogP) is 2.48. The van der Waals surface area contributed by atoms with E-state index in [1.807, 2.05) is 29.2 Å². The van der Waals surface area contributed by atoms with E-state index < -0.39 is 14.6 Å². The van der Waals surface area contributed by atoms with Crippen molar-refractivity contribution in [1.82, 2.24) is 15.2 Å². The van der Waals surface area contributed by atoms with Gasteiger partial charge < -0.3 is 10.2 Å². The van der Waals surface area contributed by atoms with Gasteiger partial charge in [-0.15, -0.1) is 24.0 Å². The number of guanidine groups is 1. The van der Waals surface area contributed by atoms with Crippen LogP contribution in [0, 0.1) is 0 Å². The van der Waals surface area contributed by atoms with Crippen LogP contribution in [0.25, 0.3) is 10.9 Å². The van der Waals surface area contributed by atoms with Crippen LogP contribution in [0.15, 0.2) is 41.4 Å². The smallest absolute Gasteiger partial charge is 0.193 e. The maximum atomic E-state index is 12.2. The van der Waals surface area contributed by atoms with Crippen LogP contribution in [0.3, 0.4) is 0 Å². The number of hydrogen-bond donors (Lipinski definition) is 1. The van der Waals surface area contributed by atoms with Gasteiger partial charge in [-0.25, -0.2) is 8.42 Å². The van der Waals surface area contributed by atoms with Crippen LogP contribution < -0.4 is 5.32 Å². The number of nitrogens with zero attached hydrogens (tertiary/aromatic N) is 3. The SMILES string of the molecule is CN=C(NCCc1ccc2ccccc2n1)N1CCS(=O)(=O)C(C)(C)C1.I. The van der Waals surface area contributed by atoms with Crippen molar-refractivity contribution in [1.29, 1.82) is 0 Å². The fourth-order valence-electron chi connectivity index (χ4n) is 3.21. The van der Waals surface area contributed by atoms with Gasteiger partial charge in [-0.3, -0.25) is 9.98 Å². The molecule has 0 atom stereocenters. The van der Waals surface area contributed by atoms with Crippen molar-refractivity contribution in [2.75, 3.05) is 32.4 Å². The Balaban J connectivity index is 0.00000261. The first kappa shape index (κ1) is 21.9. The largest absolute Gasteiger partial charge is 0.356 e. The quantitative estimate of drug-likeness (QED) is 0.397. The Morgan fingerprint density at radius 3 is 2.70 bits per heavy atom. The highest BCUT2D eigenvalue weighted by Crippen LogP contribution is 2.23. The molecule has 6 nitrogen and oxygen atoms in total. The molecule has 1 fully saturated rings. The molecule has 0 aliphatic carbocycles. The van der Waals surface area contributed by atoms with Gasteiger partial charge in [0, 0.05) is 44.2 Å². The number of aromatic nitrogens is 1. The highest BCUT2D eigenvalue weighted by molar-refractivity contribution is 14.0. The normalized spacial score (nSPS) is 18.8. The van der Waals surface area contributed by atoms with Crippen molar-refractivity contribution in [2.24, 2.45) is 4.99 Å². The van der Waals surface area contributed by atoms with Gasteiger partial charge in [-0.2, -0.15) is 0 Å². The molecule has 1 aromatic heterocycles. The first-order valence-electron chi connectivity index (χ1n) is 8.85. The molecule has 27 heavy (non-hydrogen) atoms. The van der Waals surface area contributed by atoms with Gasteiger partial charge in [0.2, 0.25) is 0 Å². The van der Waals surface area contributed by atoms with E-state index in [0.29, 0.717) is 19.6 Å². The Kier molecular flexibility index (Phi) is 7.07. The fourth-order valence-corrected chi connectivity index (χ4v) is 4.57. The van der Waals surface area contributed by atoms with E-state index in [2.05, 4.69) is 27.4 Å². The lowest BCUT2D eigenvalue weighted by molar-refractivity contribution is 0.353. The van der Waals surface area contributed by atoms with Gasteiger partial charge in [-0.1, -0.05) is 24.3 Å². The second kappa shape index (κ2) is 8.72. The van der Waals surface area contributed by atoms with E-state index in [1.165, 1.54) is 0 Å². The molecule has 3 rings (SSSR count). The summed E-state index contributed by atoms with van der Waals surface area (Å²) < 4.78 is 23.6. The van der Waals surface area contributed by atoms with Gasteiger partial charge in [0.15, 0.2) is 15.8 Å². The zero-order valence-electron chi connectivity index (χ0n) is 16.0. The zero-order valence-corrected chi connectivity index (χ0v) is 19.1. The van der Waals surface area contributed by atoms with E-state index in [1.54, 1.807) is 20.9 Å². The number of hydrogen-bond acceptors (Lipinski definition) is 4. The molecule has 0 radical (unpaired) electrons. The van der Waals surface area contributed by atoms with E-state index >= 15 is 0 Å². The Bertz CT molecular complexity index is 928. The van der Waals surface area contributed by atoms with Gasteiger partial charge in [-0.05, 0) is 26.0 Å².